The highest BCUT2D eigenvalue weighted by Crippen LogP contribution is 2.23. The number of halogens is 2. The summed E-state index contributed by atoms with van der Waals surface area (Å²) < 4.78 is 27.6. The smallest absolute Gasteiger partial charge is 0.225 e. The van der Waals surface area contributed by atoms with Gasteiger partial charge in [0.25, 0.3) is 0 Å². The van der Waals surface area contributed by atoms with Gasteiger partial charge in [-0.25, -0.2) is 28.4 Å². The lowest BCUT2D eigenvalue weighted by molar-refractivity contribution is -0.117. The molecule has 0 bridgehead atoms. The summed E-state index contributed by atoms with van der Waals surface area (Å²) >= 11 is 0. The minimum absolute atomic E-state index is 0.0565. The summed E-state index contributed by atoms with van der Waals surface area (Å²) in [7, 11) is 0. The maximum Gasteiger partial charge on any atom is 0.225 e. The minimum Gasteiger partial charge on any atom is -0.341 e. The van der Waals surface area contributed by atoms with Crippen LogP contribution >= 0.6 is 0 Å². The molecule has 2 heterocycles. The van der Waals surface area contributed by atoms with Gasteiger partial charge in [0, 0.05) is 35.6 Å². The summed E-state index contributed by atoms with van der Waals surface area (Å²) in [6.07, 6.45) is 2.27. The number of ketones is 1. The van der Waals surface area contributed by atoms with E-state index in [0.717, 1.165) is 43.3 Å². The van der Waals surface area contributed by atoms with Crippen molar-refractivity contribution in [2.24, 2.45) is 0 Å². The summed E-state index contributed by atoms with van der Waals surface area (Å²) in [5.74, 6) is 0.936. The molecule has 200 valence electrons. The lowest BCUT2D eigenvalue weighted by Gasteiger charge is -2.21. The van der Waals surface area contributed by atoms with Gasteiger partial charge in [-0.3, -0.25) is 4.79 Å². The third-order valence-electron chi connectivity index (χ3n) is 5.49. The molecule has 0 saturated carbocycles. The molecule has 2 aromatic carbocycles. The van der Waals surface area contributed by atoms with Gasteiger partial charge in [0.1, 0.15) is 18.2 Å². The zero-order valence-electron chi connectivity index (χ0n) is 22.6. The van der Waals surface area contributed by atoms with E-state index in [-0.39, 0.29) is 24.0 Å². The summed E-state index contributed by atoms with van der Waals surface area (Å²) in [5, 5.41) is 4.32. The predicted molar refractivity (Wildman–Crippen MR) is 146 cm³/mol. The number of rotatable bonds is 9. The Balaban J connectivity index is 0.000000232. The molecule has 0 aliphatic carbocycles. The van der Waals surface area contributed by atoms with Crippen molar-refractivity contribution in [1.82, 2.24) is 24.7 Å². The average Bonchev–Trinajstić information content (AvgIpc) is 3.27. The first-order valence-corrected chi connectivity index (χ1v) is 12.7. The summed E-state index contributed by atoms with van der Waals surface area (Å²) in [5.41, 5.74) is 3.38. The van der Waals surface area contributed by atoms with Crippen LogP contribution in [0.5, 0.6) is 0 Å². The van der Waals surface area contributed by atoms with Gasteiger partial charge in [-0.2, -0.15) is 0 Å². The molecule has 4 aromatic rings. The second-order valence-corrected chi connectivity index (χ2v) is 9.07. The Kier molecular flexibility index (Phi) is 10.2. The summed E-state index contributed by atoms with van der Waals surface area (Å²) in [6.45, 7) is 12.0. The van der Waals surface area contributed by atoms with Crippen LogP contribution in [0.25, 0.3) is 22.8 Å². The van der Waals surface area contributed by atoms with E-state index in [2.05, 4.69) is 38.8 Å². The number of aromatic nitrogens is 5. The monoisotopic (exact) mass is 520 g/mol. The average molecular weight is 521 g/mol. The Morgan fingerprint density at radius 3 is 1.79 bits per heavy atom. The van der Waals surface area contributed by atoms with Gasteiger partial charge in [0.15, 0.2) is 17.4 Å². The van der Waals surface area contributed by atoms with Crippen LogP contribution in [-0.2, 0) is 11.3 Å². The number of hydrogen-bond acceptors (Lipinski definition) is 6. The van der Waals surface area contributed by atoms with Gasteiger partial charge in [0.05, 0.1) is 0 Å². The largest absolute Gasteiger partial charge is 0.341 e. The zero-order valence-corrected chi connectivity index (χ0v) is 22.6. The Labute approximate surface area is 222 Å². The van der Waals surface area contributed by atoms with Crippen LogP contribution in [0.2, 0.25) is 0 Å². The molecule has 0 aliphatic heterocycles. The van der Waals surface area contributed by atoms with E-state index in [1.807, 2.05) is 19.9 Å². The van der Waals surface area contributed by atoms with Crippen LogP contribution < -0.4 is 4.90 Å². The number of hydrogen-bond donors (Lipinski definition) is 0. The number of anilines is 1. The van der Waals surface area contributed by atoms with Crippen molar-refractivity contribution in [3.63, 3.8) is 0 Å². The van der Waals surface area contributed by atoms with Crippen LogP contribution in [0.3, 0.4) is 0 Å². The fourth-order valence-corrected chi connectivity index (χ4v) is 3.90. The van der Waals surface area contributed by atoms with E-state index in [1.54, 1.807) is 24.3 Å². The molecule has 4 rings (SSSR count). The fraction of sp³-hybridized carbons (Fsp3) is 0.345. The standard InChI is InChI=1S/C17H13F2N3O.C12H21N3/c1-11(23)10-22-17(13-4-8-15(19)9-5-13)20-16(21-22)12-2-6-14(18)7-3-12;1-5-7-15(8-6-2)12-13-10(3)9-11(4)14-12/h2-9H,10H2,1H3;9H,5-8H2,1-4H3. The number of Topliss-reactive ketones (excluding diaryl/α,β-unsaturated/α-hetero) is 1. The number of nitrogens with zero attached hydrogens (tertiary/aromatic N) is 6. The lowest BCUT2D eigenvalue weighted by Crippen LogP contribution is -2.27. The van der Waals surface area contributed by atoms with Gasteiger partial charge in [-0.15, -0.1) is 5.10 Å². The molecule has 0 spiro atoms. The highest BCUT2D eigenvalue weighted by Gasteiger charge is 2.15. The second-order valence-electron chi connectivity index (χ2n) is 9.07. The van der Waals surface area contributed by atoms with Crippen molar-refractivity contribution >= 4 is 11.7 Å². The van der Waals surface area contributed by atoms with Crippen molar-refractivity contribution in [1.29, 1.82) is 0 Å². The zero-order chi connectivity index (χ0) is 27.7. The molecule has 2 aromatic heterocycles. The molecule has 0 amide bonds. The van der Waals surface area contributed by atoms with Crippen molar-refractivity contribution in [3.05, 3.63) is 77.6 Å². The molecule has 0 saturated heterocycles. The molecular formula is C29H34F2N6O. The van der Waals surface area contributed by atoms with Gasteiger partial charge in [-0.1, -0.05) is 13.8 Å². The maximum absolute atomic E-state index is 13.1. The second kappa shape index (κ2) is 13.5. The topological polar surface area (TPSA) is 76.8 Å². The highest BCUT2D eigenvalue weighted by molar-refractivity contribution is 5.76. The third-order valence-corrected chi connectivity index (χ3v) is 5.49. The van der Waals surface area contributed by atoms with Crippen LogP contribution in [0.1, 0.15) is 45.0 Å². The molecule has 0 unspecified atom stereocenters. The molecular weight excluding hydrogens is 486 g/mol. The minimum atomic E-state index is -0.356. The van der Waals surface area contributed by atoms with Gasteiger partial charge >= 0.3 is 0 Å². The molecule has 9 heteroatoms. The van der Waals surface area contributed by atoms with E-state index in [4.69, 9.17) is 0 Å². The van der Waals surface area contributed by atoms with E-state index in [0.29, 0.717) is 22.8 Å². The molecule has 0 N–H and O–H groups in total. The van der Waals surface area contributed by atoms with Crippen molar-refractivity contribution in [3.8, 4) is 22.8 Å². The molecule has 38 heavy (non-hydrogen) atoms. The van der Waals surface area contributed by atoms with Crippen LogP contribution in [0.15, 0.2) is 54.6 Å². The Hall–Kier alpha value is -4.01. The maximum atomic E-state index is 13.1. The Morgan fingerprint density at radius 2 is 1.32 bits per heavy atom. The summed E-state index contributed by atoms with van der Waals surface area (Å²) in [4.78, 5) is 27.1. The van der Waals surface area contributed by atoms with Crippen molar-refractivity contribution in [2.45, 2.75) is 54.0 Å². The van der Waals surface area contributed by atoms with Crippen LogP contribution in [0.4, 0.5) is 14.7 Å². The first-order chi connectivity index (χ1) is 18.2. The lowest BCUT2D eigenvalue weighted by atomic mass is 10.2. The Bertz CT molecular complexity index is 1310. The van der Waals surface area contributed by atoms with Gasteiger partial charge in [-0.05, 0) is 88.2 Å². The molecule has 0 radical (unpaired) electrons. The van der Waals surface area contributed by atoms with Crippen LogP contribution in [-0.4, -0.2) is 43.6 Å². The number of carbonyl (C=O) groups is 1. The quantitative estimate of drug-likeness (QED) is 0.262. The summed E-state index contributed by atoms with van der Waals surface area (Å²) in [6, 6.07) is 13.6. The van der Waals surface area contributed by atoms with Gasteiger partial charge in [0.2, 0.25) is 5.95 Å². The van der Waals surface area contributed by atoms with E-state index in [1.165, 1.54) is 35.9 Å². The van der Waals surface area contributed by atoms with Gasteiger partial charge < -0.3 is 4.90 Å². The van der Waals surface area contributed by atoms with E-state index < -0.39 is 0 Å². The number of benzene rings is 2. The van der Waals surface area contributed by atoms with E-state index >= 15 is 0 Å². The highest BCUT2D eigenvalue weighted by atomic mass is 19.1. The molecule has 0 aliphatic rings. The number of carbonyl (C=O) groups excluding carboxylic acids is 1. The normalized spacial score (nSPS) is 10.6. The van der Waals surface area contributed by atoms with Crippen molar-refractivity contribution < 1.29 is 13.6 Å². The molecule has 0 atom stereocenters. The Morgan fingerprint density at radius 1 is 0.816 bits per heavy atom. The van der Waals surface area contributed by atoms with Crippen molar-refractivity contribution in [2.75, 3.05) is 18.0 Å². The third kappa shape index (κ3) is 7.99. The van der Waals surface area contributed by atoms with E-state index in [9.17, 15) is 13.6 Å². The first-order valence-electron chi connectivity index (χ1n) is 12.7. The predicted octanol–water partition coefficient (Wildman–Crippen LogP) is 6.20. The van der Waals surface area contributed by atoms with Crippen LogP contribution in [0, 0.1) is 25.5 Å². The first kappa shape index (κ1) is 28.6. The SMILES string of the molecule is CC(=O)Cn1nc(-c2ccc(F)cc2)nc1-c1ccc(F)cc1.CCCN(CCC)c1nc(C)cc(C)n1. The molecule has 7 nitrogen and oxygen atoms in total. The fourth-order valence-electron chi connectivity index (χ4n) is 3.90. The number of aryl methyl sites for hydroxylation is 2. The molecule has 0 fully saturated rings.